The van der Waals surface area contributed by atoms with Gasteiger partial charge in [-0.2, -0.15) is 11.3 Å². The molecule has 1 atom stereocenters. The molecule has 0 aromatic carbocycles. The molecule has 1 saturated heterocycles. The molecule has 10 heteroatoms. The van der Waals surface area contributed by atoms with Crippen LogP contribution in [0.3, 0.4) is 0 Å². The number of carbonyl (C=O) groups is 2. The zero-order chi connectivity index (χ0) is 24.2. The van der Waals surface area contributed by atoms with Gasteiger partial charge in [0.2, 0.25) is 0 Å². The number of hydrogen-bond donors (Lipinski definition) is 4. The van der Waals surface area contributed by atoms with Gasteiger partial charge in [0.25, 0.3) is 11.1 Å². The number of thiophene rings is 1. The smallest absolute Gasteiger partial charge is 0.290 e. The summed E-state index contributed by atoms with van der Waals surface area (Å²) in [5.74, 6) is 0.362. The number of hydrogen-bond acceptors (Lipinski definition) is 9. The van der Waals surface area contributed by atoms with Crippen LogP contribution in [-0.2, 0) is 4.79 Å². The molecule has 2 fully saturated rings. The summed E-state index contributed by atoms with van der Waals surface area (Å²) in [7, 11) is 0. The lowest BCUT2D eigenvalue weighted by Gasteiger charge is -2.32. The first-order chi connectivity index (χ1) is 17.0. The highest BCUT2D eigenvalue weighted by atomic mass is 32.2. The Morgan fingerprint density at radius 2 is 1.94 bits per heavy atom. The lowest BCUT2D eigenvalue weighted by molar-refractivity contribution is -0.115. The van der Waals surface area contributed by atoms with E-state index in [1.165, 1.54) is 5.56 Å². The van der Waals surface area contributed by atoms with E-state index >= 15 is 0 Å². The standard InChI is InChI=1S/C25H28N6O2S2/c1-15(20-3-2-4-21(30-20)16-10-12-34-14-16)27-17-5-7-18(8-6-17)28-24-26-11-9-19(29-24)13-22-23(32)31-25(33)35-22/h2-4,9-10,12-15,17-18,27H,5-8,11H2,1H3,(H2,26,28,29)(H,31,32,33)/b22-13-. The molecule has 1 unspecified atom stereocenters. The second-order valence-corrected chi connectivity index (χ2v) is 10.7. The minimum atomic E-state index is -0.354. The van der Waals surface area contributed by atoms with Gasteiger partial charge in [0.05, 0.1) is 22.8 Å². The maximum absolute atomic E-state index is 11.8. The second kappa shape index (κ2) is 10.8. The first-order valence-corrected chi connectivity index (χ1v) is 13.6. The number of aliphatic imine (C=N–C) groups is 1. The molecule has 0 radical (unpaired) electrons. The highest BCUT2D eigenvalue weighted by Crippen LogP contribution is 2.26. The van der Waals surface area contributed by atoms with Gasteiger partial charge in [-0.25, -0.2) is 4.99 Å². The summed E-state index contributed by atoms with van der Waals surface area (Å²) in [6, 6.07) is 9.33. The van der Waals surface area contributed by atoms with E-state index in [-0.39, 0.29) is 17.2 Å². The Balaban J connectivity index is 1.09. The molecule has 4 heterocycles. The summed E-state index contributed by atoms with van der Waals surface area (Å²) in [5.41, 5.74) is 4.03. The number of amides is 2. The number of pyridine rings is 1. The van der Waals surface area contributed by atoms with E-state index in [0.717, 1.165) is 54.5 Å². The fraction of sp³-hybridized carbons (Fsp3) is 0.360. The fourth-order valence-electron chi connectivity index (χ4n) is 4.50. The molecule has 0 spiro atoms. The van der Waals surface area contributed by atoms with Crippen LogP contribution in [0.4, 0.5) is 4.79 Å². The third-order valence-corrected chi connectivity index (χ3v) is 7.83. The van der Waals surface area contributed by atoms with Crippen LogP contribution in [0.5, 0.6) is 0 Å². The molecule has 1 aliphatic carbocycles. The Kier molecular flexibility index (Phi) is 7.31. The minimum absolute atomic E-state index is 0.186. The van der Waals surface area contributed by atoms with Crippen molar-refractivity contribution in [3.8, 4) is 11.3 Å². The van der Waals surface area contributed by atoms with Crippen molar-refractivity contribution in [3.63, 3.8) is 0 Å². The van der Waals surface area contributed by atoms with Gasteiger partial charge >= 0.3 is 0 Å². The van der Waals surface area contributed by atoms with Crippen LogP contribution in [-0.4, -0.2) is 40.7 Å². The Hall–Kier alpha value is -2.95. The summed E-state index contributed by atoms with van der Waals surface area (Å²) < 4.78 is 0. The molecular weight excluding hydrogens is 480 g/mol. The van der Waals surface area contributed by atoms with Crippen molar-refractivity contribution >= 4 is 40.2 Å². The van der Waals surface area contributed by atoms with Crippen LogP contribution in [0.25, 0.3) is 11.3 Å². The van der Waals surface area contributed by atoms with Crippen molar-refractivity contribution in [1.29, 1.82) is 0 Å². The van der Waals surface area contributed by atoms with E-state index in [1.54, 1.807) is 17.4 Å². The molecule has 2 aliphatic heterocycles. The van der Waals surface area contributed by atoms with Crippen molar-refractivity contribution in [2.45, 2.75) is 50.7 Å². The van der Waals surface area contributed by atoms with Crippen LogP contribution in [0.1, 0.15) is 44.3 Å². The SMILES string of the molecule is CC(NC1CCC(NC2=NCC=C(/C=C3\SC(=O)NC3=O)N2)CC1)c1cccc(-c2ccsc2)n1. The molecule has 3 aliphatic rings. The van der Waals surface area contributed by atoms with Gasteiger partial charge in [-0.1, -0.05) is 6.07 Å². The van der Waals surface area contributed by atoms with Crippen LogP contribution >= 0.6 is 23.1 Å². The highest BCUT2D eigenvalue weighted by Gasteiger charge is 2.27. The average molecular weight is 509 g/mol. The van der Waals surface area contributed by atoms with Crippen LogP contribution < -0.4 is 21.3 Å². The number of rotatable bonds is 6. The number of allylic oxidation sites excluding steroid dienone is 1. The number of nitrogens with zero attached hydrogens (tertiary/aromatic N) is 2. The van der Waals surface area contributed by atoms with Crippen molar-refractivity contribution in [2.75, 3.05) is 6.54 Å². The summed E-state index contributed by atoms with van der Waals surface area (Å²) >= 11 is 2.60. The molecule has 0 bridgehead atoms. The molecule has 2 amide bonds. The van der Waals surface area contributed by atoms with Gasteiger partial charge in [0.1, 0.15) is 0 Å². The molecule has 2 aromatic rings. The van der Waals surface area contributed by atoms with Gasteiger partial charge in [-0.15, -0.1) is 0 Å². The Bertz CT molecular complexity index is 1180. The lowest BCUT2D eigenvalue weighted by Crippen LogP contribution is -2.47. The summed E-state index contributed by atoms with van der Waals surface area (Å²) in [6.07, 6.45) is 7.83. The van der Waals surface area contributed by atoms with E-state index in [2.05, 4.69) is 68.2 Å². The zero-order valence-corrected chi connectivity index (χ0v) is 21.0. The summed E-state index contributed by atoms with van der Waals surface area (Å²) in [6.45, 7) is 2.71. The maximum atomic E-state index is 11.8. The molecule has 1 saturated carbocycles. The predicted molar refractivity (Wildman–Crippen MR) is 141 cm³/mol. The topological polar surface area (TPSA) is 108 Å². The highest BCUT2D eigenvalue weighted by molar-refractivity contribution is 8.18. The summed E-state index contributed by atoms with van der Waals surface area (Å²) in [5, 5.41) is 16.7. The normalized spacial score (nSPS) is 24.4. The van der Waals surface area contributed by atoms with Crippen LogP contribution in [0.2, 0.25) is 0 Å². The zero-order valence-electron chi connectivity index (χ0n) is 19.4. The Morgan fingerprint density at radius 3 is 2.69 bits per heavy atom. The lowest BCUT2D eigenvalue weighted by atomic mass is 9.90. The molecule has 35 heavy (non-hydrogen) atoms. The molecule has 8 nitrogen and oxygen atoms in total. The second-order valence-electron chi connectivity index (χ2n) is 8.87. The molecule has 4 N–H and O–H groups in total. The molecule has 182 valence electrons. The van der Waals surface area contributed by atoms with Crippen molar-refractivity contribution in [2.24, 2.45) is 4.99 Å². The number of carbonyl (C=O) groups excluding carboxylic acids is 2. The van der Waals surface area contributed by atoms with Gasteiger partial charge in [0, 0.05) is 34.8 Å². The van der Waals surface area contributed by atoms with Gasteiger partial charge in [-0.3, -0.25) is 19.9 Å². The summed E-state index contributed by atoms with van der Waals surface area (Å²) in [4.78, 5) is 33.0. The number of aromatic nitrogens is 1. The van der Waals surface area contributed by atoms with E-state index in [1.807, 2.05) is 6.08 Å². The number of imide groups is 1. The number of guanidine groups is 1. The van der Waals surface area contributed by atoms with Gasteiger partial charge in [-0.05, 0) is 80.1 Å². The minimum Gasteiger partial charge on any atom is -0.353 e. The largest absolute Gasteiger partial charge is 0.353 e. The van der Waals surface area contributed by atoms with E-state index < -0.39 is 0 Å². The first-order valence-electron chi connectivity index (χ1n) is 11.8. The average Bonchev–Trinajstić information content (AvgIpc) is 3.50. The van der Waals surface area contributed by atoms with E-state index in [0.29, 0.717) is 29.5 Å². The first kappa shape index (κ1) is 23.8. The Labute approximate surface area is 212 Å². The number of thioether (sulfide) groups is 1. The van der Waals surface area contributed by atoms with E-state index in [4.69, 9.17) is 4.98 Å². The van der Waals surface area contributed by atoms with Gasteiger partial charge < -0.3 is 16.0 Å². The van der Waals surface area contributed by atoms with Crippen molar-refractivity contribution in [1.82, 2.24) is 26.3 Å². The van der Waals surface area contributed by atoms with Gasteiger partial charge in [0.15, 0.2) is 5.96 Å². The van der Waals surface area contributed by atoms with Crippen LogP contribution in [0, 0.1) is 0 Å². The quantitative estimate of drug-likeness (QED) is 0.436. The Morgan fingerprint density at radius 1 is 1.11 bits per heavy atom. The maximum Gasteiger partial charge on any atom is 0.290 e. The van der Waals surface area contributed by atoms with Crippen molar-refractivity contribution in [3.05, 3.63) is 63.5 Å². The third kappa shape index (κ3) is 6.01. The van der Waals surface area contributed by atoms with Crippen molar-refractivity contribution < 1.29 is 9.59 Å². The third-order valence-electron chi connectivity index (χ3n) is 6.34. The molecular formula is C25H28N6O2S2. The predicted octanol–water partition coefficient (Wildman–Crippen LogP) is 4.07. The molecule has 2 aromatic heterocycles. The molecule has 5 rings (SSSR count). The van der Waals surface area contributed by atoms with E-state index in [9.17, 15) is 9.59 Å². The fourth-order valence-corrected chi connectivity index (χ4v) is 5.82. The van der Waals surface area contributed by atoms with Crippen LogP contribution in [0.15, 0.2) is 62.8 Å². The monoisotopic (exact) mass is 508 g/mol. The number of nitrogens with one attached hydrogen (secondary N) is 4.